The normalized spacial score (nSPS) is 12.0. The Morgan fingerprint density at radius 1 is 1.43 bits per heavy atom. The molecule has 5 heteroatoms. The highest BCUT2D eigenvalue weighted by molar-refractivity contribution is 5.98. The maximum Gasteiger partial charge on any atom is 0.256 e. The molecule has 1 heterocycles. The minimum absolute atomic E-state index is 0.0911. The van der Waals surface area contributed by atoms with Gasteiger partial charge in [0.2, 0.25) is 0 Å². The van der Waals surface area contributed by atoms with E-state index in [1.165, 1.54) is 6.20 Å². The highest BCUT2D eigenvalue weighted by Gasteiger charge is 2.14. The zero-order valence-electron chi connectivity index (χ0n) is 12.6. The van der Waals surface area contributed by atoms with E-state index >= 15 is 0 Å². The Hall–Kier alpha value is -2.43. The molecule has 0 radical (unpaired) electrons. The second-order valence-electron chi connectivity index (χ2n) is 5.14. The number of benzene rings is 1. The Morgan fingerprint density at radius 3 is 2.81 bits per heavy atom. The van der Waals surface area contributed by atoms with Crippen LogP contribution in [0.3, 0.4) is 0 Å². The number of amides is 1. The van der Waals surface area contributed by atoms with Gasteiger partial charge in [0, 0.05) is 17.8 Å². The number of aryl methyl sites for hydroxylation is 1. The SMILES string of the molecule is CCC(C)NC(=O)c1cnc(-c2cccc(C)c2)nc1N. The second kappa shape index (κ2) is 6.35. The highest BCUT2D eigenvalue weighted by Crippen LogP contribution is 2.18. The van der Waals surface area contributed by atoms with E-state index in [2.05, 4.69) is 15.3 Å². The zero-order chi connectivity index (χ0) is 15.4. The van der Waals surface area contributed by atoms with Crippen molar-refractivity contribution in [2.24, 2.45) is 0 Å². The van der Waals surface area contributed by atoms with Gasteiger partial charge in [-0.05, 0) is 26.3 Å². The summed E-state index contributed by atoms with van der Waals surface area (Å²) in [4.78, 5) is 20.6. The molecule has 1 unspecified atom stereocenters. The van der Waals surface area contributed by atoms with Crippen molar-refractivity contribution in [1.82, 2.24) is 15.3 Å². The third-order valence-electron chi connectivity index (χ3n) is 3.33. The Morgan fingerprint density at radius 2 is 2.19 bits per heavy atom. The Bertz CT molecular complexity index is 654. The smallest absolute Gasteiger partial charge is 0.256 e. The Labute approximate surface area is 124 Å². The lowest BCUT2D eigenvalue weighted by Crippen LogP contribution is -2.32. The van der Waals surface area contributed by atoms with Crippen LogP contribution in [0.1, 0.15) is 36.2 Å². The molecule has 1 atom stereocenters. The van der Waals surface area contributed by atoms with E-state index in [1.807, 2.05) is 45.0 Å². The highest BCUT2D eigenvalue weighted by atomic mass is 16.1. The molecule has 110 valence electrons. The van der Waals surface area contributed by atoms with E-state index < -0.39 is 0 Å². The van der Waals surface area contributed by atoms with Crippen molar-refractivity contribution in [3.8, 4) is 11.4 Å². The molecule has 21 heavy (non-hydrogen) atoms. The first kappa shape index (κ1) is 15.0. The number of nitrogens with zero attached hydrogens (tertiary/aromatic N) is 2. The van der Waals surface area contributed by atoms with Crippen LogP contribution in [-0.2, 0) is 0 Å². The van der Waals surface area contributed by atoms with E-state index in [0.717, 1.165) is 17.5 Å². The van der Waals surface area contributed by atoms with Crippen LogP contribution < -0.4 is 11.1 Å². The van der Waals surface area contributed by atoms with Gasteiger partial charge in [-0.2, -0.15) is 0 Å². The largest absolute Gasteiger partial charge is 0.383 e. The lowest BCUT2D eigenvalue weighted by atomic mass is 10.1. The summed E-state index contributed by atoms with van der Waals surface area (Å²) in [6, 6.07) is 7.93. The van der Waals surface area contributed by atoms with Crippen molar-refractivity contribution in [2.45, 2.75) is 33.2 Å². The van der Waals surface area contributed by atoms with Gasteiger partial charge in [-0.25, -0.2) is 9.97 Å². The van der Waals surface area contributed by atoms with Crippen molar-refractivity contribution in [1.29, 1.82) is 0 Å². The molecule has 2 aromatic rings. The van der Waals surface area contributed by atoms with Gasteiger partial charge in [0.25, 0.3) is 5.91 Å². The summed E-state index contributed by atoms with van der Waals surface area (Å²) in [5.41, 5.74) is 8.22. The summed E-state index contributed by atoms with van der Waals surface area (Å²) >= 11 is 0. The standard InChI is InChI=1S/C16H20N4O/c1-4-11(3)19-16(21)13-9-18-15(20-14(13)17)12-7-5-6-10(2)8-12/h5-9,11H,4H2,1-3H3,(H,19,21)(H2,17,18,20). The van der Waals surface area contributed by atoms with Gasteiger partial charge in [-0.3, -0.25) is 4.79 Å². The van der Waals surface area contributed by atoms with Gasteiger partial charge in [0.05, 0.1) is 5.56 Å². The first-order valence-corrected chi connectivity index (χ1v) is 7.01. The van der Waals surface area contributed by atoms with Gasteiger partial charge in [0.15, 0.2) is 5.82 Å². The number of nitrogens with one attached hydrogen (secondary N) is 1. The summed E-state index contributed by atoms with van der Waals surface area (Å²) in [7, 11) is 0. The molecule has 1 amide bonds. The van der Waals surface area contributed by atoms with E-state index in [4.69, 9.17) is 5.73 Å². The molecular weight excluding hydrogens is 264 g/mol. The van der Waals surface area contributed by atoms with Crippen molar-refractivity contribution >= 4 is 11.7 Å². The molecule has 0 fully saturated rings. The molecule has 3 N–H and O–H groups in total. The molecule has 5 nitrogen and oxygen atoms in total. The van der Waals surface area contributed by atoms with E-state index in [9.17, 15) is 4.79 Å². The number of rotatable bonds is 4. The van der Waals surface area contributed by atoms with Crippen LogP contribution in [0.4, 0.5) is 5.82 Å². The number of anilines is 1. The molecular formula is C16H20N4O. The van der Waals surface area contributed by atoms with Crippen LogP contribution in [-0.4, -0.2) is 21.9 Å². The van der Waals surface area contributed by atoms with Crippen molar-refractivity contribution in [2.75, 3.05) is 5.73 Å². The Balaban J connectivity index is 2.27. The number of hydrogen-bond donors (Lipinski definition) is 2. The molecule has 0 bridgehead atoms. The average Bonchev–Trinajstić information content (AvgIpc) is 2.46. The first-order chi connectivity index (χ1) is 10.0. The van der Waals surface area contributed by atoms with Crippen LogP contribution in [0.2, 0.25) is 0 Å². The second-order valence-corrected chi connectivity index (χ2v) is 5.14. The molecule has 0 aliphatic carbocycles. The molecule has 0 spiro atoms. The van der Waals surface area contributed by atoms with Gasteiger partial charge in [0.1, 0.15) is 5.82 Å². The predicted octanol–water partition coefficient (Wildman–Crippen LogP) is 2.56. The number of nitrogen functional groups attached to an aromatic ring is 1. The van der Waals surface area contributed by atoms with Gasteiger partial charge in [-0.1, -0.05) is 30.7 Å². The van der Waals surface area contributed by atoms with Crippen molar-refractivity contribution in [3.05, 3.63) is 41.6 Å². The minimum Gasteiger partial charge on any atom is -0.383 e. The molecule has 0 saturated carbocycles. The van der Waals surface area contributed by atoms with Gasteiger partial charge in [-0.15, -0.1) is 0 Å². The van der Waals surface area contributed by atoms with Crippen LogP contribution >= 0.6 is 0 Å². The molecule has 1 aromatic heterocycles. The summed E-state index contributed by atoms with van der Waals surface area (Å²) < 4.78 is 0. The lowest BCUT2D eigenvalue weighted by molar-refractivity contribution is 0.0939. The number of hydrogen-bond acceptors (Lipinski definition) is 4. The maximum absolute atomic E-state index is 12.1. The molecule has 2 rings (SSSR count). The van der Waals surface area contributed by atoms with Crippen LogP contribution in [0, 0.1) is 6.92 Å². The summed E-state index contributed by atoms with van der Waals surface area (Å²) in [6.07, 6.45) is 2.34. The van der Waals surface area contributed by atoms with E-state index in [1.54, 1.807) is 0 Å². The third kappa shape index (κ3) is 3.56. The first-order valence-electron chi connectivity index (χ1n) is 7.01. The van der Waals surface area contributed by atoms with Gasteiger partial charge >= 0.3 is 0 Å². The summed E-state index contributed by atoms with van der Waals surface area (Å²) in [6.45, 7) is 5.95. The minimum atomic E-state index is -0.238. The van der Waals surface area contributed by atoms with Crippen LogP contribution in [0.5, 0.6) is 0 Å². The predicted molar refractivity (Wildman–Crippen MR) is 83.8 cm³/mol. The third-order valence-corrected chi connectivity index (χ3v) is 3.33. The van der Waals surface area contributed by atoms with E-state index in [-0.39, 0.29) is 17.8 Å². The summed E-state index contributed by atoms with van der Waals surface area (Å²) in [5.74, 6) is 0.483. The maximum atomic E-state index is 12.1. The number of carbonyl (C=O) groups is 1. The van der Waals surface area contributed by atoms with Crippen molar-refractivity contribution in [3.63, 3.8) is 0 Å². The molecule has 0 saturated heterocycles. The molecule has 0 aliphatic heterocycles. The van der Waals surface area contributed by atoms with E-state index in [0.29, 0.717) is 11.4 Å². The zero-order valence-corrected chi connectivity index (χ0v) is 12.6. The topological polar surface area (TPSA) is 80.9 Å². The lowest BCUT2D eigenvalue weighted by Gasteiger charge is -2.12. The van der Waals surface area contributed by atoms with Crippen LogP contribution in [0.15, 0.2) is 30.5 Å². The Kier molecular flexibility index (Phi) is 4.52. The fourth-order valence-corrected chi connectivity index (χ4v) is 1.90. The quantitative estimate of drug-likeness (QED) is 0.904. The fraction of sp³-hybridized carbons (Fsp3) is 0.312. The number of nitrogens with two attached hydrogens (primary N) is 1. The molecule has 0 aliphatic rings. The summed E-state index contributed by atoms with van der Waals surface area (Å²) in [5, 5.41) is 2.86. The average molecular weight is 284 g/mol. The van der Waals surface area contributed by atoms with Gasteiger partial charge < -0.3 is 11.1 Å². The number of aromatic nitrogens is 2. The van der Waals surface area contributed by atoms with Crippen molar-refractivity contribution < 1.29 is 4.79 Å². The monoisotopic (exact) mass is 284 g/mol. The fourth-order valence-electron chi connectivity index (χ4n) is 1.90. The number of carbonyl (C=O) groups excluding carboxylic acids is 1. The molecule has 1 aromatic carbocycles. The van der Waals surface area contributed by atoms with Crippen LogP contribution in [0.25, 0.3) is 11.4 Å².